The summed E-state index contributed by atoms with van der Waals surface area (Å²) < 4.78 is 0. The number of rotatable bonds is 0. The number of nitrogens with zero attached hydrogens (tertiary/aromatic N) is 1. The van der Waals surface area contributed by atoms with E-state index in [0.717, 1.165) is 0 Å². The summed E-state index contributed by atoms with van der Waals surface area (Å²) in [6.45, 7) is 0. The Morgan fingerprint density at radius 2 is 2.56 bits per heavy atom. The third-order valence-electron chi connectivity index (χ3n) is 1.52. The maximum Gasteiger partial charge on any atom is 0.128 e. The van der Waals surface area contributed by atoms with Crippen LogP contribution in [0, 0.1) is 12.0 Å². The van der Waals surface area contributed by atoms with Crippen LogP contribution in [-0.4, -0.2) is 12.4 Å². The average molecular weight is 119 g/mol. The van der Waals surface area contributed by atoms with E-state index < -0.39 is 0 Å². The average Bonchev–Trinajstić information content (AvgIpc) is 2.33. The topological polar surface area (TPSA) is 24.4 Å². The SMILES string of the molecule is [C]1=CC=NC2NC=CC12. The molecule has 0 amide bonds. The van der Waals surface area contributed by atoms with Gasteiger partial charge in [-0.3, -0.25) is 4.99 Å². The van der Waals surface area contributed by atoms with Gasteiger partial charge in [-0.25, -0.2) is 0 Å². The first kappa shape index (κ1) is 4.79. The number of hydrogen-bond acceptors (Lipinski definition) is 2. The molecule has 0 aromatic carbocycles. The Labute approximate surface area is 54.0 Å². The van der Waals surface area contributed by atoms with Crippen LogP contribution in [0.2, 0.25) is 0 Å². The third-order valence-corrected chi connectivity index (χ3v) is 1.52. The van der Waals surface area contributed by atoms with Crippen molar-refractivity contribution in [1.82, 2.24) is 5.32 Å². The first-order valence-corrected chi connectivity index (χ1v) is 3.00. The fourth-order valence-electron chi connectivity index (χ4n) is 1.04. The summed E-state index contributed by atoms with van der Waals surface area (Å²) in [6, 6.07) is 0. The molecule has 0 bridgehead atoms. The molecule has 1 radical (unpaired) electrons. The van der Waals surface area contributed by atoms with Crippen LogP contribution in [0.3, 0.4) is 0 Å². The van der Waals surface area contributed by atoms with E-state index >= 15 is 0 Å². The predicted octanol–water partition coefficient (Wildman–Crippen LogP) is 0.489. The molecule has 0 saturated heterocycles. The van der Waals surface area contributed by atoms with E-state index in [1.54, 1.807) is 6.21 Å². The van der Waals surface area contributed by atoms with Crippen molar-refractivity contribution < 1.29 is 0 Å². The van der Waals surface area contributed by atoms with Gasteiger partial charge in [0.15, 0.2) is 0 Å². The fourth-order valence-corrected chi connectivity index (χ4v) is 1.04. The van der Waals surface area contributed by atoms with E-state index in [2.05, 4.69) is 22.5 Å². The summed E-state index contributed by atoms with van der Waals surface area (Å²) in [6.07, 6.45) is 11.0. The van der Waals surface area contributed by atoms with E-state index in [1.807, 2.05) is 12.3 Å². The van der Waals surface area contributed by atoms with E-state index in [1.165, 1.54) is 0 Å². The molecule has 1 N–H and O–H groups in total. The van der Waals surface area contributed by atoms with Gasteiger partial charge in [0, 0.05) is 12.1 Å². The second-order valence-electron chi connectivity index (χ2n) is 2.13. The molecule has 9 heavy (non-hydrogen) atoms. The minimum atomic E-state index is 0.231. The molecular formula is C7H7N2. The zero-order chi connectivity index (χ0) is 6.10. The normalized spacial score (nSPS) is 36.4. The highest BCUT2D eigenvalue weighted by Crippen LogP contribution is 2.15. The highest BCUT2D eigenvalue weighted by Gasteiger charge is 2.19. The minimum absolute atomic E-state index is 0.231. The summed E-state index contributed by atoms with van der Waals surface area (Å²) in [4.78, 5) is 4.17. The number of nitrogens with one attached hydrogen (secondary N) is 1. The minimum Gasteiger partial charge on any atom is -0.369 e. The highest BCUT2D eigenvalue weighted by molar-refractivity contribution is 5.71. The Morgan fingerprint density at radius 1 is 1.56 bits per heavy atom. The maximum atomic E-state index is 4.17. The number of hydrogen-bond donors (Lipinski definition) is 1. The Morgan fingerprint density at radius 3 is 3.44 bits per heavy atom. The third kappa shape index (κ3) is 0.669. The van der Waals surface area contributed by atoms with Crippen molar-refractivity contribution in [3.8, 4) is 0 Å². The van der Waals surface area contributed by atoms with Gasteiger partial charge >= 0.3 is 0 Å². The summed E-state index contributed by atoms with van der Waals surface area (Å²) >= 11 is 0. The van der Waals surface area contributed by atoms with E-state index in [9.17, 15) is 0 Å². The van der Waals surface area contributed by atoms with Gasteiger partial charge in [0.2, 0.25) is 0 Å². The monoisotopic (exact) mass is 119 g/mol. The van der Waals surface area contributed by atoms with E-state index in [4.69, 9.17) is 0 Å². The van der Waals surface area contributed by atoms with Gasteiger partial charge < -0.3 is 5.32 Å². The van der Waals surface area contributed by atoms with Gasteiger partial charge in [-0.2, -0.15) is 0 Å². The number of aliphatic imine (C=N–C) groups is 1. The van der Waals surface area contributed by atoms with Crippen LogP contribution >= 0.6 is 0 Å². The molecule has 45 valence electrons. The van der Waals surface area contributed by atoms with Crippen LogP contribution in [0.15, 0.2) is 23.3 Å². The van der Waals surface area contributed by atoms with Crippen LogP contribution in [0.5, 0.6) is 0 Å². The molecule has 2 aliphatic rings. The summed E-state index contributed by atoms with van der Waals surface area (Å²) in [7, 11) is 0. The van der Waals surface area contributed by atoms with Crippen LogP contribution in [0.1, 0.15) is 0 Å². The van der Waals surface area contributed by atoms with Crippen LogP contribution < -0.4 is 5.32 Å². The van der Waals surface area contributed by atoms with Gasteiger partial charge in [0.1, 0.15) is 6.17 Å². The van der Waals surface area contributed by atoms with E-state index in [-0.39, 0.29) is 6.17 Å². The molecule has 2 aliphatic heterocycles. The molecule has 2 unspecified atom stereocenters. The van der Waals surface area contributed by atoms with Crippen molar-refractivity contribution >= 4 is 6.21 Å². The molecule has 2 rings (SSSR count). The van der Waals surface area contributed by atoms with Gasteiger partial charge in [-0.1, -0.05) is 6.08 Å². The Balaban J connectivity index is 2.25. The smallest absolute Gasteiger partial charge is 0.128 e. The van der Waals surface area contributed by atoms with Gasteiger partial charge in [-0.15, -0.1) is 0 Å². The number of allylic oxidation sites excluding steroid dienone is 1. The molecular weight excluding hydrogens is 112 g/mol. The lowest BCUT2D eigenvalue weighted by atomic mass is 10.1. The standard InChI is InChI=1S/C7H7N2/c1-2-6-3-5-9-7(6)8-4-1/h1,3-7,9H. The van der Waals surface area contributed by atoms with Gasteiger partial charge in [-0.05, 0) is 18.4 Å². The molecule has 0 spiro atoms. The molecule has 2 heteroatoms. The second kappa shape index (κ2) is 1.72. The largest absolute Gasteiger partial charge is 0.369 e. The van der Waals surface area contributed by atoms with Crippen molar-refractivity contribution in [3.05, 3.63) is 24.4 Å². The quantitative estimate of drug-likeness (QED) is 0.493. The van der Waals surface area contributed by atoms with Crippen LogP contribution in [0.4, 0.5) is 0 Å². The molecule has 0 fully saturated rings. The van der Waals surface area contributed by atoms with Crippen molar-refractivity contribution in [2.24, 2.45) is 10.9 Å². The first-order chi connectivity index (χ1) is 4.47. The lowest BCUT2D eigenvalue weighted by molar-refractivity contribution is 0.562. The molecule has 2 heterocycles. The molecule has 0 saturated carbocycles. The Bertz CT molecular complexity index is 191. The van der Waals surface area contributed by atoms with Crippen LogP contribution in [-0.2, 0) is 0 Å². The van der Waals surface area contributed by atoms with Crippen molar-refractivity contribution in [1.29, 1.82) is 0 Å². The zero-order valence-electron chi connectivity index (χ0n) is 4.91. The van der Waals surface area contributed by atoms with Crippen molar-refractivity contribution in [3.63, 3.8) is 0 Å². The number of fused-ring (bicyclic) bond motifs is 1. The summed E-state index contributed by atoms with van der Waals surface area (Å²) in [5, 5.41) is 3.10. The molecule has 0 aromatic heterocycles. The Kier molecular flexibility index (Phi) is 0.918. The van der Waals surface area contributed by atoms with E-state index in [0.29, 0.717) is 5.92 Å². The Hall–Kier alpha value is -1.05. The second-order valence-corrected chi connectivity index (χ2v) is 2.13. The molecule has 2 atom stereocenters. The van der Waals surface area contributed by atoms with Crippen molar-refractivity contribution in [2.45, 2.75) is 6.17 Å². The maximum absolute atomic E-state index is 4.17. The lowest BCUT2D eigenvalue weighted by Crippen LogP contribution is -2.25. The fraction of sp³-hybridized carbons (Fsp3) is 0.286. The summed E-state index contributed by atoms with van der Waals surface area (Å²) in [5.74, 6) is 0.370. The van der Waals surface area contributed by atoms with Gasteiger partial charge in [0.05, 0.1) is 0 Å². The molecule has 0 aliphatic carbocycles. The lowest BCUT2D eigenvalue weighted by Gasteiger charge is -2.12. The molecule has 0 aromatic rings. The first-order valence-electron chi connectivity index (χ1n) is 3.00. The number of dihydropyridines is 1. The zero-order valence-corrected chi connectivity index (χ0v) is 4.91. The van der Waals surface area contributed by atoms with Crippen molar-refractivity contribution in [2.75, 3.05) is 0 Å². The van der Waals surface area contributed by atoms with Crippen LogP contribution in [0.25, 0.3) is 0 Å². The predicted molar refractivity (Wildman–Crippen MR) is 35.9 cm³/mol. The summed E-state index contributed by atoms with van der Waals surface area (Å²) in [5.41, 5.74) is 0. The van der Waals surface area contributed by atoms with Gasteiger partial charge in [0.25, 0.3) is 0 Å². The molecule has 2 nitrogen and oxygen atoms in total. The highest BCUT2D eigenvalue weighted by atomic mass is 15.1.